The lowest BCUT2D eigenvalue weighted by Gasteiger charge is -2.28. The smallest absolute Gasteiger partial charge is 0.261 e. The molecular weight excluding hydrogens is 334 g/mol. The number of hydrogen-bond donors (Lipinski definition) is 1. The van der Waals surface area contributed by atoms with E-state index in [4.69, 9.17) is 4.74 Å². The number of amides is 1. The number of aryl methyl sites for hydroxylation is 1. The van der Waals surface area contributed by atoms with Gasteiger partial charge in [-0.15, -0.1) is 0 Å². The zero-order chi connectivity index (χ0) is 19.4. The number of ether oxygens (including phenoxy) is 1. The highest BCUT2D eigenvalue weighted by Crippen LogP contribution is 2.30. The van der Waals surface area contributed by atoms with Gasteiger partial charge in [-0.25, -0.2) is 0 Å². The first kappa shape index (κ1) is 19.5. The lowest BCUT2D eigenvalue weighted by Crippen LogP contribution is -2.41. The van der Waals surface area contributed by atoms with Crippen LogP contribution in [0.15, 0.2) is 48.5 Å². The first-order valence-electron chi connectivity index (χ1n) is 10.0. The summed E-state index contributed by atoms with van der Waals surface area (Å²) in [5.74, 6) is 0.716. The number of rotatable bonds is 5. The van der Waals surface area contributed by atoms with E-state index < -0.39 is 6.10 Å². The normalized spacial score (nSPS) is 17.7. The van der Waals surface area contributed by atoms with E-state index in [9.17, 15) is 4.79 Å². The van der Waals surface area contributed by atoms with Crippen molar-refractivity contribution < 1.29 is 9.53 Å². The minimum Gasteiger partial charge on any atom is -0.481 e. The topological polar surface area (TPSA) is 38.3 Å². The predicted molar refractivity (Wildman–Crippen MR) is 110 cm³/mol. The molecule has 3 rings (SSSR count). The van der Waals surface area contributed by atoms with Crippen molar-refractivity contribution in [2.45, 2.75) is 70.9 Å². The fourth-order valence-corrected chi connectivity index (χ4v) is 3.69. The Hall–Kier alpha value is -2.29. The van der Waals surface area contributed by atoms with Crippen molar-refractivity contribution in [3.8, 4) is 5.75 Å². The van der Waals surface area contributed by atoms with Gasteiger partial charge in [-0.1, -0.05) is 64.1 Å². The summed E-state index contributed by atoms with van der Waals surface area (Å²) in [6.07, 6.45) is 3.35. The summed E-state index contributed by atoms with van der Waals surface area (Å²) in [4.78, 5) is 12.8. The third kappa shape index (κ3) is 4.71. The van der Waals surface area contributed by atoms with Crippen LogP contribution >= 0.6 is 0 Å². The zero-order valence-electron chi connectivity index (χ0n) is 16.9. The molecule has 0 saturated heterocycles. The van der Waals surface area contributed by atoms with Crippen LogP contribution in [0.2, 0.25) is 0 Å². The van der Waals surface area contributed by atoms with Gasteiger partial charge >= 0.3 is 0 Å². The molecule has 2 atom stereocenters. The molecule has 1 aliphatic rings. The maximum absolute atomic E-state index is 12.8. The molecule has 0 bridgehead atoms. The zero-order valence-corrected chi connectivity index (χ0v) is 16.9. The molecule has 1 aliphatic carbocycles. The fourth-order valence-electron chi connectivity index (χ4n) is 3.69. The van der Waals surface area contributed by atoms with Crippen LogP contribution in [0.4, 0.5) is 0 Å². The largest absolute Gasteiger partial charge is 0.481 e. The lowest BCUT2D eigenvalue weighted by molar-refractivity contribution is -0.129. The van der Waals surface area contributed by atoms with E-state index >= 15 is 0 Å². The van der Waals surface area contributed by atoms with E-state index in [-0.39, 0.29) is 17.4 Å². The molecule has 0 fully saturated rings. The summed E-state index contributed by atoms with van der Waals surface area (Å²) < 4.78 is 6.01. The van der Waals surface area contributed by atoms with Gasteiger partial charge in [0, 0.05) is 0 Å². The predicted octanol–water partition coefficient (Wildman–Crippen LogP) is 5.34. The Morgan fingerprint density at radius 3 is 2.52 bits per heavy atom. The molecule has 0 saturated carbocycles. The molecule has 27 heavy (non-hydrogen) atoms. The Labute approximate surface area is 163 Å². The first-order chi connectivity index (χ1) is 12.9. The van der Waals surface area contributed by atoms with Crippen LogP contribution in [-0.4, -0.2) is 12.0 Å². The van der Waals surface area contributed by atoms with Crippen molar-refractivity contribution in [1.82, 2.24) is 5.32 Å². The second kappa shape index (κ2) is 8.16. The second-order valence-electron chi connectivity index (χ2n) is 8.44. The fraction of sp³-hybridized carbons (Fsp3) is 0.458. The van der Waals surface area contributed by atoms with Gasteiger partial charge in [0.1, 0.15) is 5.75 Å². The SMILES string of the molecule is CCC(Oc1ccc(C(C)(C)C)cc1)C(=O)NC1CCCc2ccccc21. The van der Waals surface area contributed by atoms with Gasteiger partial charge in [-0.05, 0) is 59.9 Å². The molecule has 0 heterocycles. The molecule has 0 aliphatic heterocycles. The molecule has 144 valence electrons. The van der Waals surface area contributed by atoms with Gasteiger partial charge in [-0.3, -0.25) is 4.79 Å². The molecule has 0 radical (unpaired) electrons. The van der Waals surface area contributed by atoms with Gasteiger partial charge < -0.3 is 10.1 Å². The monoisotopic (exact) mass is 365 g/mol. The quantitative estimate of drug-likeness (QED) is 0.777. The lowest BCUT2D eigenvalue weighted by atomic mass is 9.87. The van der Waals surface area contributed by atoms with Crippen molar-refractivity contribution in [2.75, 3.05) is 0 Å². The van der Waals surface area contributed by atoms with Gasteiger partial charge in [-0.2, -0.15) is 0 Å². The second-order valence-corrected chi connectivity index (χ2v) is 8.44. The molecule has 1 N–H and O–H groups in total. The molecule has 2 aromatic carbocycles. The number of fused-ring (bicyclic) bond motifs is 1. The summed E-state index contributed by atoms with van der Waals surface area (Å²) in [5, 5.41) is 3.22. The summed E-state index contributed by atoms with van der Waals surface area (Å²) in [7, 11) is 0. The van der Waals surface area contributed by atoms with E-state index in [1.807, 2.05) is 25.1 Å². The number of nitrogens with one attached hydrogen (secondary N) is 1. The number of carbonyl (C=O) groups excluding carboxylic acids is 1. The van der Waals surface area contributed by atoms with Crippen LogP contribution in [0.1, 0.15) is 69.7 Å². The van der Waals surface area contributed by atoms with Gasteiger partial charge in [0.15, 0.2) is 6.10 Å². The van der Waals surface area contributed by atoms with E-state index in [0.29, 0.717) is 6.42 Å². The maximum Gasteiger partial charge on any atom is 0.261 e. The Kier molecular flexibility index (Phi) is 5.88. The van der Waals surface area contributed by atoms with Crippen LogP contribution < -0.4 is 10.1 Å². The first-order valence-corrected chi connectivity index (χ1v) is 10.0. The summed E-state index contributed by atoms with van der Waals surface area (Å²) in [6.45, 7) is 8.55. The van der Waals surface area contributed by atoms with E-state index in [1.165, 1.54) is 16.7 Å². The van der Waals surface area contributed by atoms with Crippen molar-refractivity contribution in [2.24, 2.45) is 0 Å². The summed E-state index contributed by atoms with van der Waals surface area (Å²) in [5.41, 5.74) is 3.96. The van der Waals surface area contributed by atoms with E-state index in [0.717, 1.165) is 25.0 Å². The van der Waals surface area contributed by atoms with Crippen molar-refractivity contribution in [3.63, 3.8) is 0 Å². The third-order valence-electron chi connectivity index (χ3n) is 5.35. The molecule has 0 spiro atoms. The number of carbonyl (C=O) groups is 1. The molecule has 2 aromatic rings. The van der Waals surface area contributed by atoms with Crippen LogP contribution in [0.3, 0.4) is 0 Å². The van der Waals surface area contributed by atoms with Crippen molar-refractivity contribution >= 4 is 5.91 Å². The van der Waals surface area contributed by atoms with E-state index in [1.54, 1.807) is 0 Å². The Bertz CT molecular complexity index is 774. The average Bonchev–Trinajstić information content (AvgIpc) is 2.66. The summed E-state index contributed by atoms with van der Waals surface area (Å²) >= 11 is 0. The summed E-state index contributed by atoms with van der Waals surface area (Å²) in [6, 6.07) is 16.6. The Morgan fingerprint density at radius 1 is 1.15 bits per heavy atom. The van der Waals surface area contributed by atoms with E-state index in [2.05, 4.69) is 56.4 Å². The molecule has 2 unspecified atom stereocenters. The average molecular weight is 366 g/mol. The van der Waals surface area contributed by atoms with Crippen LogP contribution in [0, 0.1) is 0 Å². The molecule has 1 amide bonds. The third-order valence-corrected chi connectivity index (χ3v) is 5.35. The number of benzene rings is 2. The minimum absolute atomic E-state index is 0.0286. The highest BCUT2D eigenvalue weighted by Gasteiger charge is 2.26. The van der Waals surface area contributed by atoms with Crippen LogP contribution in [0.25, 0.3) is 0 Å². The highest BCUT2D eigenvalue weighted by molar-refractivity contribution is 5.81. The van der Waals surface area contributed by atoms with Gasteiger partial charge in [0.25, 0.3) is 5.91 Å². The molecule has 0 aromatic heterocycles. The minimum atomic E-state index is -0.473. The molecule has 3 nitrogen and oxygen atoms in total. The van der Waals surface area contributed by atoms with Gasteiger partial charge in [0.2, 0.25) is 0 Å². The number of hydrogen-bond acceptors (Lipinski definition) is 2. The maximum atomic E-state index is 12.8. The van der Waals surface area contributed by atoms with Crippen molar-refractivity contribution in [1.29, 1.82) is 0 Å². The standard InChI is InChI=1S/C24H31NO2/c1-5-22(27-19-15-13-18(14-16-19)24(2,3)4)23(26)25-21-12-8-10-17-9-6-7-11-20(17)21/h6-7,9,11,13-16,21-22H,5,8,10,12H2,1-4H3,(H,25,26). The van der Waals surface area contributed by atoms with Crippen LogP contribution in [0.5, 0.6) is 5.75 Å². The highest BCUT2D eigenvalue weighted by atomic mass is 16.5. The Balaban J connectivity index is 1.67. The van der Waals surface area contributed by atoms with Crippen LogP contribution in [-0.2, 0) is 16.6 Å². The molecular formula is C24H31NO2. The Morgan fingerprint density at radius 2 is 1.85 bits per heavy atom. The molecule has 3 heteroatoms. The van der Waals surface area contributed by atoms with Crippen molar-refractivity contribution in [3.05, 3.63) is 65.2 Å². The van der Waals surface area contributed by atoms with Gasteiger partial charge in [0.05, 0.1) is 6.04 Å².